The number of ether oxygens (including phenoxy) is 1. The van der Waals surface area contributed by atoms with E-state index in [2.05, 4.69) is 15.6 Å². The van der Waals surface area contributed by atoms with Gasteiger partial charge in [-0.15, -0.1) is 24.8 Å². The maximum atomic E-state index is 12.7. The highest BCUT2D eigenvalue weighted by Gasteiger charge is 2.15. The average Bonchev–Trinajstić information content (AvgIpc) is 2.74. The quantitative estimate of drug-likeness (QED) is 0.501. The number of anilines is 2. The molecule has 1 aromatic heterocycles. The zero-order chi connectivity index (χ0) is 20.8. The van der Waals surface area contributed by atoms with E-state index >= 15 is 0 Å². The lowest BCUT2D eigenvalue weighted by Gasteiger charge is -2.16. The van der Waals surface area contributed by atoms with Gasteiger partial charge in [-0.2, -0.15) is 0 Å². The van der Waals surface area contributed by atoms with Crippen LogP contribution >= 0.6 is 24.8 Å². The molecule has 1 heterocycles. The first kappa shape index (κ1) is 25.9. The number of benzene rings is 2. The van der Waals surface area contributed by atoms with E-state index in [1.54, 1.807) is 67.0 Å². The second kappa shape index (κ2) is 11.9. The number of methoxy groups -OCH3 is 1. The largest absolute Gasteiger partial charge is 0.497 e. The molecule has 0 aliphatic carbocycles. The SMILES string of the molecule is COc1cccc(C(=O)Nc2cc(C(=O)Nc3ccncc3)ccc2C(C)N)c1.Cl.Cl. The first-order valence-corrected chi connectivity index (χ1v) is 9.04. The number of amides is 2. The summed E-state index contributed by atoms with van der Waals surface area (Å²) < 4.78 is 5.17. The molecule has 3 aromatic rings. The Morgan fingerprint density at radius 2 is 1.58 bits per heavy atom. The number of pyridine rings is 1. The fourth-order valence-corrected chi connectivity index (χ4v) is 2.80. The molecule has 1 atom stereocenters. The van der Waals surface area contributed by atoms with E-state index in [0.717, 1.165) is 5.56 Å². The van der Waals surface area contributed by atoms with Gasteiger partial charge in [0.05, 0.1) is 7.11 Å². The van der Waals surface area contributed by atoms with Crippen LogP contribution in [0.25, 0.3) is 0 Å². The predicted molar refractivity (Wildman–Crippen MR) is 127 cm³/mol. The van der Waals surface area contributed by atoms with E-state index < -0.39 is 0 Å². The van der Waals surface area contributed by atoms with Gasteiger partial charge in [0, 0.05) is 40.9 Å². The Hall–Kier alpha value is -3.13. The second-order valence-electron chi connectivity index (χ2n) is 6.47. The van der Waals surface area contributed by atoms with Gasteiger partial charge < -0.3 is 21.1 Å². The molecular weight excluding hydrogens is 439 g/mol. The third-order valence-corrected chi connectivity index (χ3v) is 4.32. The highest BCUT2D eigenvalue weighted by atomic mass is 35.5. The molecule has 31 heavy (non-hydrogen) atoms. The lowest BCUT2D eigenvalue weighted by atomic mass is 10.0. The van der Waals surface area contributed by atoms with Gasteiger partial charge in [-0.25, -0.2) is 0 Å². The third-order valence-electron chi connectivity index (χ3n) is 4.32. The molecule has 4 N–H and O–H groups in total. The van der Waals surface area contributed by atoms with Crippen molar-refractivity contribution >= 4 is 48.0 Å². The topological polar surface area (TPSA) is 106 Å². The van der Waals surface area contributed by atoms with Crippen LogP contribution < -0.4 is 21.1 Å². The number of nitrogens with one attached hydrogen (secondary N) is 2. The minimum Gasteiger partial charge on any atom is -0.497 e. The smallest absolute Gasteiger partial charge is 0.255 e. The van der Waals surface area contributed by atoms with Gasteiger partial charge in [0.25, 0.3) is 11.8 Å². The summed E-state index contributed by atoms with van der Waals surface area (Å²) in [4.78, 5) is 29.2. The summed E-state index contributed by atoms with van der Waals surface area (Å²) in [5.74, 6) is -0.0441. The fourth-order valence-electron chi connectivity index (χ4n) is 2.80. The minimum atomic E-state index is -0.326. The van der Waals surface area contributed by atoms with Crippen LogP contribution in [0.4, 0.5) is 11.4 Å². The van der Waals surface area contributed by atoms with Gasteiger partial charge in [0.1, 0.15) is 5.75 Å². The Labute approximate surface area is 193 Å². The van der Waals surface area contributed by atoms with Crippen molar-refractivity contribution in [1.29, 1.82) is 0 Å². The molecule has 164 valence electrons. The maximum absolute atomic E-state index is 12.7. The summed E-state index contributed by atoms with van der Waals surface area (Å²) in [7, 11) is 1.54. The predicted octanol–water partition coefficient (Wildman–Crippen LogP) is 4.46. The van der Waals surface area contributed by atoms with Gasteiger partial charge in [-0.1, -0.05) is 12.1 Å². The molecule has 0 aliphatic rings. The lowest BCUT2D eigenvalue weighted by Crippen LogP contribution is -2.18. The molecular formula is C22H24Cl2N4O3. The number of nitrogens with two attached hydrogens (primary N) is 1. The molecule has 0 fully saturated rings. The molecule has 0 saturated carbocycles. The number of hydrogen-bond donors (Lipinski definition) is 3. The summed E-state index contributed by atoms with van der Waals surface area (Å²) in [5, 5.41) is 5.65. The standard InChI is InChI=1S/C22H22N4O3.2ClH/c1-14(23)19-7-6-16(21(27)25-17-8-10-24-11-9-17)13-20(19)26-22(28)15-4-3-5-18(12-15)29-2;;/h3-14H,23H2,1-2H3,(H,26,28)(H,24,25,27);2*1H. The van der Waals surface area contributed by atoms with Crippen molar-refractivity contribution in [2.24, 2.45) is 5.73 Å². The summed E-state index contributed by atoms with van der Waals surface area (Å²) in [6, 6.07) is 14.9. The molecule has 0 aliphatic heterocycles. The van der Waals surface area contributed by atoms with Gasteiger partial charge in [0.15, 0.2) is 0 Å². The number of nitrogens with zero attached hydrogens (tertiary/aromatic N) is 1. The summed E-state index contributed by atoms with van der Waals surface area (Å²) in [6.07, 6.45) is 3.18. The average molecular weight is 463 g/mol. The van der Waals surface area contributed by atoms with Crippen LogP contribution in [-0.4, -0.2) is 23.9 Å². The minimum absolute atomic E-state index is 0. The summed E-state index contributed by atoms with van der Waals surface area (Å²) in [5.41, 5.74) is 8.71. The number of aromatic nitrogens is 1. The van der Waals surface area contributed by atoms with E-state index in [-0.39, 0.29) is 42.7 Å². The number of carbonyl (C=O) groups excluding carboxylic acids is 2. The third kappa shape index (κ3) is 6.68. The zero-order valence-electron chi connectivity index (χ0n) is 17.0. The number of hydrogen-bond acceptors (Lipinski definition) is 5. The van der Waals surface area contributed by atoms with Crippen molar-refractivity contribution in [3.8, 4) is 5.75 Å². The Morgan fingerprint density at radius 1 is 0.935 bits per heavy atom. The first-order chi connectivity index (χ1) is 14.0. The molecule has 3 rings (SSSR count). The van der Waals surface area contributed by atoms with E-state index in [1.807, 2.05) is 6.92 Å². The number of carbonyl (C=O) groups is 2. The molecule has 2 amide bonds. The van der Waals surface area contributed by atoms with Crippen molar-refractivity contribution < 1.29 is 14.3 Å². The van der Waals surface area contributed by atoms with Crippen LogP contribution in [0.1, 0.15) is 39.2 Å². The van der Waals surface area contributed by atoms with Crippen molar-refractivity contribution in [2.45, 2.75) is 13.0 Å². The Balaban J connectivity index is 0.00000240. The first-order valence-electron chi connectivity index (χ1n) is 9.04. The number of halogens is 2. The van der Waals surface area contributed by atoms with Gasteiger partial charge in [-0.05, 0) is 55.0 Å². The van der Waals surface area contributed by atoms with Gasteiger partial charge >= 0.3 is 0 Å². The Kier molecular flexibility index (Phi) is 9.95. The Bertz CT molecular complexity index is 1030. The summed E-state index contributed by atoms with van der Waals surface area (Å²) in [6.45, 7) is 1.81. The molecule has 0 bridgehead atoms. The lowest BCUT2D eigenvalue weighted by molar-refractivity contribution is 0.101. The van der Waals surface area contributed by atoms with Crippen molar-refractivity contribution in [2.75, 3.05) is 17.7 Å². The van der Waals surface area contributed by atoms with E-state index in [1.165, 1.54) is 7.11 Å². The molecule has 0 spiro atoms. The molecule has 2 aromatic carbocycles. The highest BCUT2D eigenvalue weighted by Crippen LogP contribution is 2.25. The molecule has 9 heteroatoms. The van der Waals surface area contributed by atoms with Crippen molar-refractivity contribution in [3.63, 3.8) is 0 Å². The van der Waals surface area contributed by atoms with Crippen LogP contribution in [0.15, 0.2) is 67.0 Å². The highest BCUT2D eigenvalue weighted by molar-refractivity contribution is 6.08. The van der Waals surface area contributed by atoms with Crippen LogP contribution in [0.2, 0.25) is 0 Å². The fraction of sp³-hybridized carbons (Fsp3) is 0.136. The zero-order valence-corrected chi connectivity index (χ0v) is 18.6. The molecule has 0 radical (unpaired) electrons. The van der Waals surface area contributed by atoms with Crippen LogP contribution in [0.3, 0.4) is 0 Å². The number of rotatable bonds is 6. The normalized spacial score (nSPS) is 10.7. The van der Waals surface area contributed by atoms with E-state index in [9.17, 15) is 9.59 Å². The maximum Gasteiger partial charge on any atom is 0.255 e. The monoisotopic (exact) mass is 462 g/mol. The van der Waals surface area contributed by atoms with Crippen molar-refractivity contribution in [1.82, 2.24) is 4.98 Å². The summed E-state index contributed by atoms with van der Waals surface area (Å²) >= 11 is 0. The van der Waals surface area contributed by atoms with Gasteiger partial charge in [0.2, 0.25) is 0 Å². The molecule has 0 saturated heterocycles. The van der Waals surface area contributed by atoms with Crippen LogP contribution in [0, 0.1) is 0 Å². The van der Waals surface area contributed by atoms with Crippen LogP contribution in [-0.2, 0) is 0 Å². The van der Waals surface area contributed by atoms with Gasteiger partial charge in [-0.3, -0.25) is 14.6 Å². The molecule has 1 unspecified atom stereocenters. The van der Waals surface area contributed by atoms with Crippen molar-refractivity contribution in [3.05, 3.63) is 83.7 Å². The van der Waals surface area contributed by atoms with Crippen LogP contribution in [0.5, 0.6) is 5.75 Å². The van der Waals surface area contributed by atoms with E-state index in [0.29, 0.717) is 28.3 Å². The Morgan fingerprint density at radius 3 is 2.23 bits per heavy atom. The van der Waals surface area contributed by atoms with E-state index in [4.69, 9.17) is 10.5 Å². The second-order valence-corrected chi connectivity index (χ2v) is 6.47. The molecule has 7 nitrogen and oxygen atoms in total.